The fraction of sp³-hybridized carbons (Fsp3) is 0.706. The van der Waals surface area contributed by atoms with E-state index in [1.807, 2.05) is 0 Å². The van der Waals surface area contributed by atoms with Crippen LogP contribution >= 0.6 is 0 Å². The Labute approximate surface area is 122 Å². The van der Waals surface area contributed by atoms with Crippen LogP contribution in [0.5, 0.6) is 0 Å². The van der Waals surface area contributed by atoms with Gasteiger partial charge in [0.25, 0.3) is 0 Å². The van der Waals surface area contributed by atoms with Crippen LogP contribution in [-0.4, -0.2) is 36.1 Å². The molecule has 20 heavy (non-hydrogen) atoms. The molecule has 0 saturated carbocycles. The summed E-state index contributed by atoms with van der Waals surface area (Å²) in [4.78, 5) is 7.15. The molecule has 2 saturated heterocycles. The van der Waals surface area contributed by atoms with Crippen LogP contribution in [0, 0.1) is 0 Å². The van der Waals surface area contributed by atoms with E-state index in [-0.39, 0.29) is 0 Å². The number of rotatable bonds is 3. The first-order chi connectivity index (χ1) is 9.84. The maximum Gasteiger partial charge on any atom is 0.0335 e. The van der Waals surface area contributed by atoms with Gasteiger partial charge in [0.1, 0.15) is 0 Å². The Morgan fingerprint density at radius 3 is 2.65 bits per heavy atom. The Hall–Kier alpha value is -0.930. The minimum atomic E-state index is 0.518. The standard InChI is InChI=1S/C17H27N3/c1-14(20-9-3-2-4-10-20)16-11-17(13-19-12-16)15-5-7-18-8-6-15/h11-15,18H,2-10H2,1H3. The number of likely N-dealkylation sites (tertiary alicyclic amines) is 1. The summed E-state index contributed by atoms with van der Waals surface area (Å²) in [7, 11) is 0. The molecule has 0 bridgehead atoms. The molecule has 0 amide bonds. The summed E-state index contributed by atoms with van der Waals surface area (Å²) in [5.74, 6) is 0.706. The highest BCUT2D eigenvalue weighted by Gasteiger charge is 2.20. The van der Waals surface area contributed by atoms with Crippen molar-refractivity contribution in [1.29, 1.82) is 0 Å². The summed E-state index contributed by atoms with van der Waals surface area (Å²) in [5.41, 5.74) is 2.86. The van der Waals surface area contributed by atoms with E-state index < -0.39 is 0 Å². The summed E-state index contributed by atoms with van der Waals surface area (Å²) in [6.07, 6.45) is 10.8. The van der Waals surface area contributed by atoms with Crippen LogP contribution in [0.1, 0.15) is 62.1 Å². The topological polar surface area (TPSA) is 28.2 Å². The summed E-state index contributed by atoms with van der Waals surface area (Å²) >= 11 is 0. The van der Waals surface area contributed by atoms with Gasteiger partial charge in [-0.3, -0.25) is 9.88 Å². The van der Waals surface area contributed by atoms with Gasteiger partial charge in [-0.05, 0) is 75.8 Å². The fourth-order valence-corrected chi connectivity index (χ4v) is 3.60. The maximum absolute atomic E-state index is 4.53. The first-order valence-electron chi connectivity index (χ1n) is 8.24. The Balaban J connectivity index is 1.72. The zero-order chi connectivity index (χ0) is 13.8. The molecule has 1 unspecified atom stereocenters. The van der Waals surface area contributed by atoms with Crippen LogP contribution < -0.4 is 5.32 Å². The first-order valence-corrected chi connectivity index (χ1v) is 8.24. The highest BCUT2D eigenvalue weighted by molar-refractivity contribution is 5.24. The molecule has 0 aliphatic carbocycles. The fourth-order valence-electron chi connectivity index (χ4n) is 3.60. The minimum Gasteiger partial charge on any atom is -0.317 e. The minimum absolute atomic E-state index is 0.518. The van der Waals surface area contributed by atoms with Gasteiger partial charge in [-0.2, -0.15) is 0 Å². The molecule has 0 spiro atoms. The molecule has 2 aliphatic rings. The van der Waals surface area contributed by atoms with Crippen molar-refractivity contribution in [2.24, 2.45) is 0 Å². The average molecular weight is 273 g/mol. The third-order valence-corrected chi connectivity index (χ3v) is 5.01. The molecule has 1 aromatic heterocycles. The Kier molecular flexibility index (Phi) is 4.69. The largest absolute Gasteiger partial charge is 0.317 e. The molecular formula is C17H27N3. The van der Waals surface area contributed by atoms with Crippen molar-refractivity contribution in [2.75, 3.05) is 26.2 Å². The van der Waals surface area contributed by atoms with Gasteiger partial charge in [-0.15, -0.1) is 0 Å². The van der Waals surface area contributed by atoms with Gasteiger partial charge in [-0.1, -0.05) is 12.5 Å². The van der Waals surface area contributed by atoms with Crippen LogP contribution in [0.25, 0.3) is 0 Å². The van der Waals surface area contributed by atoms with Crippen molar-refractivity contribution in [3.8, 4) is 0 Å². The van der Waals surface area contributed by atoms with Crippen LogP contribution in [0.3, 0.4) is 0 Å². The zero-order valence-electron chi connectivity index (χ0n) is 12.6. The molecule has 2 fully saturated rings. The second-order valence-corrected chi connectivity index (χ2v) is 6.35. The molecule has 110 valence electrons. The normalized spacial score (nSPS) is 23.6. The van der Waals surface area contributed by atoms with E-state index in [0.717, 1.165) is 13.1 Å². The van der Waals surface area contributed by atoms with Gasteiger partial charge >= 0.3 is 0 Å². The van der Waals surface area contributed by atoms with Gasteiger partial charge < -0.3 is 5.32 Å². The number of piperidine rings is 2. The third-order valence-electron chi connectivity index (χ3n) is 5.01. The second kappa shape index (κ2) is 6.68. The smallest absolute Gasteiger partial charge is 0.0335 e. The predicted octanol–water partition coefficient (Wildman–Crippen LogP) is 3.10. The number of hydrogen-bond donors (Lipinski definition) is 1. The molecule has 1 atom stereocenters. The Morgan fingerprint density at radius 2 is 1.90 bits per heavy atom. The number of hydrogen-bond acceptors (Lipinski definition) is 3. The van der Waals surface area contributed by atoms with Gasteiger partial charge in [0.15, 0.2) is 0 Å². The van der Waals surface area contributed by atoms with Crippen molar-refractivity contribution in [2.45, 2.75) is 51.0 Å². The first kappa shape index (κ1) is 14.0. The molecule has 3 heterocycles. The van der Waals surface area contributed by atoms with E-state index in [1.54, 1.807) is 0 Å². The SMILES string of the molecule is CC(c1cncc(C2CCNCC2)c1)N1CCCCC1. The molecule has 3 rings (SSSR count). The Morgan fingerprint density at radius 1 is 1.15 bits per heavy atom. The third kappa shape index (κ3) is 3.21. The molecule has 2 aliphatic heterocycles. The molecule has 1 aromatic rings. The second-order valence-electron chi connectivity index (χ2n) is 6.35. The highest BCUT2D eigenvalue weighted by atomic mass is 15.2. The van der Waals surface area contributed by atoms with Gasteiger partial charge in [0.05, 0.1) is 0 Å². The molecule has 1 N–H and O–H groups in total. The molecule has 0 aromatic carbocycles. The summed E-state index contributed by atoms with van der Waals surface area (Å²) in [6, 6.07) is 2.94. The van der Waals surface area contributed by atoms with Crippen molar-refractivity contribution < 1.29 is 0 Å². The number of nitrogens with zero attached hydrogens (tertiary/aromatic N) is 2. The maximum atomic E-state index is 4.53. The lowest BCUT2D eigenvalue weighted by Gasteiger charge is -2.33. The van der Waals surface area contributed by atoms with Crippen LogP contribution in [0.4, 0.5) is 0 Å². The summed E-state index contributed by atoms with van der Waals surface area (Å²) < 4.78 is 0. The lowest BCUT2D eigenvalue weighted by molar-refractivity contribution is 0.174. The van der Waals surface area contributed by atoms with Crippen LogP contribution in [-0.2, 0) is 0 Å². The quantitative estimate of drug-likeness (QED) is 0.917. The average Bonchev–Trinajstić information content (AvgIpc) is 2.56. The van der Waals surface area contributed by atoms with Gasteiger partial charge in [0, 0.05) is 18.4 Å². The molecule has 3 nitrogen and oxygen atoms in total. The van der Waals surface area contributed by atoms with Crippen molar-refractivity contribution in [1.82, 2.24) is 15.2 Å². The molecular weight excluding hydrogens is 246 g/mol. The van der Waals surface area contributed by atoms with Crippen molar-refractivity contribution >= 4 is 0 Å². The zero-order valence-corrected chi connectivity index (χ0v) is 12.6. The van der Waals surface area contributed by atoms with Crippen LogP contribution in [0.15, 0.2) is 18.5 Å². The summed E-state index contributed by atoms with van der Waals surface area (Å²) in [6.45, 7) is 7.14. The van der Waals surface area contributed by atoms with E-state index in [0.29, 0.717) is 12.0 Å². The van der Waals surface area contributed by atoms with E-state index in [1.165, 1.54) is 56.3 Å². The lowest BCUT2D eigenvalue weighted by atomic mass is 9.90. The van der Waals surface area contributed by atoms with E-state index in [2.05, 4.69) is 40.6 Å². The Bertz CT molecular complexity index is 420. The number of pyridine rings is 1. The van der Waals surface area contributed by atoms with Crippen molar-refractivity contribution in [3.63, 3.8) is 0 Å². The van der Waals surface area contributed by atoms with E-state index >= 15 is 0 Å². The monoisotopic (exact) mass is 273 g/mol. The van der Waals surface area contributed by atoms with Crippen LogP contribution in [0.2, 0.25) is 0 Å². The predicted molar refractivity (Wildman–Crippen MR) is 82.9 cm³/mol. The highest BCUT2D eigenvalue weighted by Crippen LogP contribution is 2.29. The van der Waals surface area contributed by atoms with E-state index in [9.17, 15) is 0 Å². The van der Waals surface area contributed by atoms with E-state index in [4.69, 9.17) is 0 Å². The lowest BCUT2D eigenvalue weighted by Crippen LogP contribution is -2.32. The van der Waals surface area contributed by atoms with Gasteiger partial charge in [-0.25, -0.2) is 0 Å². The summed E-state index contributed by atoms with van der Waals surface area (Å²) in [5, 5.41) is 3.44. The molecule has 3 heteroatoms. The number of nitrogens with one attached hydrogen (secondary N) is 1. The number of aromatic nitrogens is 1. The van der Waals surface area contributed by atoms with Gasteiger partial charge in [0.2, 0.25) is 0 Å². The molecule has 0 radical (unpaired) electrons. The van der Waals surface area contributed by atoms with Crippen molar-refractivity contribution in [3.05, 3.63) is 29.6 Å².